The van der Waals surface area contributed by atoms with E-state index in [4.69, 9.17) is 9.47 Å². The summed E-state index contributed by atoms with van der Waals surface area (Å²) in [5.74, 6) is -4.28. The first-order valence-corrected chi connectivity index (χ1v) is 10.8. The molecular weight excluding hydrogens is 515 g/mol. The van der Waals surface area contributed by atoms with E-state index in [2.05, 4.69) is 0 Å². The van der Waals surface area contributed by atoms with E-state index >= 15 is 0 Å². The van der Waals surface area contributed by atoms with Gasteiger partial charge in [-0.1, -0.05) is 12.1 Å². The summed E-state index contributed by atoms with van der Waals surface area (Å²) in [7, 11) is 0. The van der Waals surface area contributed by atoms with Crippen molar-refractivity contribution in [3.8, 4) is 11.5 Å². The van der Waals surface area contributed by atoms with Crippen molar-refractivity contribution in [1.82, 2.24) is 0 Å². The number of aliphatic carboxylic acids is 4. The molecule has 2 aromatic carbocycles. The molecule has 0 unspecified atom stereocenters. The topological polar surface area (TPSA) is 174 Å². The maximum atomic E-state index is 11.2. The molecule has 0 aliphatic heterocycles. The van der Waals surface area contributed by atoms with Crippen LogP contribution in [0.5, 0.6) is 11.5 Å². The third-order valence-corrected chi connectivity index (χ3v) is 4.81. The van der Waals surface area contributed by atoms with E-state index in [1.165, 1.54) is 0 Å². The first kappa shape index (κ1) is 32.2. The summed E-state index contributed by atoms with van der Waals surface area (Å²) >= 11 is 0. The number of carboxylic acid groups (broad SMARTS) is 4. The van der Waals surface area contributed by atoms with Crippen LogP contribution in [0.25, 0.3) is 0 Å². The molecule has 0 heterocycles. The van der Waals surface area contributed by atoms with Gasteiger partial charge in [-0.15, -0.1) is 0 Å². The molecule has 0 saturated heterocycles. The van der Waals surface area contributed by atoms with Crippen molar-refractivity contribution in [1.29, 1.82) is 0 Å². The van der Waals surface area contributed by atoms with Gasteiger partial charge in [0.15, 0.2) is 0 Å². The fraction of sp³-hybridized carbons (Fsp3) is 0.333. The minimum absolute atomic E-state index is 0. The third kappa shape index (κ3) is 11.0. The number of nitrogens with zero attached hydrogens (tertiary/aromatic N) is 2. The number of ether oxygens (including phenoxy) is 2. The van der Waals surface area contributed by atoms with E-state index in [1.54, 1.807) is 50.2 Å². The van der Waals surface area contributed by atoms with Gasteiger partial charge in [0.2, 0.25) is 0 Å². The smallest absolute Gasteiger partial charge is 1.00 e. The van der Waals surface area contributed by atoms with Crippen LogP contribution in [0.15, 0.2) is 36.4 Å². The predicted octanol–water partition coefficient (Wildman–Crippen LogP) is -1.17. The van der Waals surface area contributed by atoms with Gasteiger partial charge in [0.05, 0.1) is 11.4 Å². The Labute approximate surface area is 257 Å². The number of carbonyl (C=O) groups is 4. The van der Waals surface area contributed by atoms with Crippen molar-refractivity contribution in [3.05, 3.63) is 47.5 Å². The minimum atomic E-state index is -1.20. The fourth-order valence-electron chi connectivity index (χ4n) is 3.41. The summed E-state index contributed by atoms with van der Waals surface area (Å²) in [6.07, 6.45) is 0. The van der Waals surface area contributed by atoms with E-state index in [-0.39, 0.29) is 88.9 Å². The number of aryl methyl sites for hydroxylation is 2. The Morgan fingerprint density at radius 2 is 0.946 bits per heavy atom. The van der Waals surface area contributed by atoms with Gasteiger partial charge < -0.3 is 41.1 Å². The van der Waals surface area contributed by atoms with Crippen molar-refractivity contribution >= 4 is 35.3 Å². The molecule has 0 radical (unpaired) electrons. The molecule has 4 N–H and O–H groups in total. The molecule has 0 amide bonds. The Morgan fingerprint density at radius 3 is 1.22 bits per heavy atom. The Kier molecular flexibility index (Phi) is 13.4. The van der Waals surface area contributed by atoms with Gasteiger partial charge in [-0.25, -0.2) is 0 Å². The minimum Gasteiger partial charge on any atom is -1.00 e. The zero-order valence-corrected chi connectivity index (χ0v) is 24.0. The van der Waals surface area contributed by atoms with Crippen LogP contribution in [0, 0.1) is 13.8 Å². The average Bonchev–Trinajstić information content (AvgIpc) is 2.74. The summed E-state index contributed by atoms with van der Waals surface area (Å²) in [5.41, 5.74) is 2.19. The van der Waals surface area contributed by atoms with Gasteiger partial charge in [-0.3, -0.25) is 19.2 Å². The molecule has 0 aliphatic carbocycles. The molecule has 0 spiro atoms. The quantitative estimate of drug-likeness (QED) is 0.156. The third-order valence-electron chi connectivity index (χ3n) is 4.81. The van der Waals surface area contributed by atoms with Crippen molar-refractivity contribution in [2.75, 3.05) is 49.2 Å². The van der Waals surface area contributed by atoms with Crippen LogP contribution >= 0.6 is 0 Å². The number of benzene rings is 2. The molecule has 2 aromatic rings. The summed E-state index contributed by atoms with van der Waals surface area (Å²) in [6.45, 7) is 1.38. The number of rotatable bonds is 15. The average molecular weight is 545 g/mol. The van der Waals surface area contributed by atoms with Crippen molar-refractivity contribution in [3.63, 3.8) is 0 Å². The molecule has 0 aromatic heterocycles. The predicted molar refractivity (Wildman–Crippen MR) is 129 cm³/mol. The monoisotopic (exact) mass is 544 g/mol. The molecule has 13 heteroatoms. The number of hydrogen-bond donors (Lipinski definition) is 4. The second-order valence-electron chi connectivity index (χ2n) is 7.93. The SMILES string of the molecule is Cc1ccc(N(CC(=O)O)CC(=O)O)c(OCCOc2cc(C)ccc2N(CC(=O)O)CC(=O)O)c1.[H-].[K+]. The Hall–Kier alpha value is -2.84. The Balaban J connectivity index is 0.00000684. The van der Waals surface area contributed by atoms with Gasteiger partial charge in [-0.2, -0.15) is 0 Å². The summed E-state index contributed by atoms with van der Waals surface area (Å²) in [5, 5.41) is 36.7. The van der Waals surface area contributed by atoms with E-state index < -0.39 is 50.1 Å². The zero-order chi connectivity index (χ0) is 26.8. The van der Waals surface area contributed by atoms with Gasteiger partial charge >= 0.3 is 75.3 Å². The van der Waals surface area contributed by atoms with Crippen LogP contribution in [-0.2, 0) is 19.2 Å². The standard InChI is InChI=1S/C24H28N2O10.K.H/c1-15-3-5-17(25(11-21(27)28)12-22(29)30)19(9-15)35-7-8-36-20-10-16(2)4-6-18(20)26(13-23(31)32)14-24(33)34;;/h3-6,9-10H,7-8,11-14H2,1-2H3,(H,27,28)(H,29,30)(H,31,32)(H,33,34);;/q;+1;-1. The van der Waals surface area contributed by atoms with E-state index in [0.717, 1.165) is 20.9 Å². The van der Waals surface area contributed by atoms with E-state index in [9.17, 15) is 39.6 Å². The second kappa shape index (κ2) is 15.4. The zero-order valence-electron chi connectivity index (χ0n) is 21.8. The molecule has 0 atom stereocenters. The fourth-order valence-corrected chi connectivity index (χ4v) is 3.41. The van der Waals surface area contributed by atoms with Crippen molar-refractivity contribution < 1.29 is 102 Å². The first-order valence-electron chi connectivity index (χ1n) is 10.8. The van der Waals surface area contributed by atoms with Gasteiger partial charge in [0.1, 0.15) is 50.9 Å². The first-order chi connectivity index (χ1) is 17.0. The Bertz CT molecular complexity index is 1010. The van der Waals surface area contributed by atoms with Gasteiger partial charge in [0, 0.05) is 0 Å². The summed E-state index contributed by atoms with van der Waals surface area (Å²) in [6, 6.07) is 9.84. The number of hydrogen-bond acceptors (Lipinski definition) is 8. The van der Waals surface area contributed by atoms with Crippen LogP contribution in [0.3, 0.4) is 0 Å². The van der Waals surface area contributed by atoms with Crippen LogP contribution in [0.2, 0.25) is 0 Å². The molecule has 2 rings (SSSR count). The molecule has 37 heavy (non-hydrogen) atoms. The number of anilines is 2. The van der Waals surface area contributed by atoms with Crippen LogP contribution in [-0.4, -0.2) is 83.7 Å². The second-order valence-corrected chi connectivity index (χ2v) is 7.93. The van der Waals surface area contributed by atoms with E-state index in [1.807, 2.05) is 0 Å². The summed E-state index contributed by atoms with van der Waals surface area (Å²) in [4.78, 5) is 47.3. The molecule has 196 valence electrons. The van der Waals surface area contributed by atoms with Gasteiger partial charge in [0.25, 0.3) is 0 Å². The van der Waals surface area contributed by atoms with E-state index in [0.29, 0.717) is 0 Å². The van der Waals surface area contributed by atoms with Crippen LogP contribution in [0.1, 0.15) is 12.6 Å². The van der Waals surface area contributed by atoms with Gasteiger partial charge in [-0.05, 0) is 49.2 Å². The van der Waals surface area contributed by atoms with Crippen molar-refractivity contribution in [2.45, 2.75) is 13.8 Å². The molecule has 0 saturated carbocycles. The number of carboxylic acids is 4. The maximum Gasteiger partial charge on any atom is 1.00 e. The normalized spacial score (nSPS) is 10.1. The van der Waals surface area contributed by atoms with Crippen molar-refractivity contribution in [2.24, 2.45) is 0 Å². The molecule has 12 nitrogen and oxygen atoms in total. The van der Waals surface area contributed by atoms with Crippen LogP contribution in [0.4, 0.5) is 11.4 Å². The molecule has 0 fully saturated rings. The largest absolute Gasteiger partial charge is 1.00 e. The Morgan fingerprint density at radius 1 is 0.649 bits per heavy atom. The summed E-state index contributed by atoms with van der Waals surface area (Å²) < 4.78 is 11.6. The molecule has 0 bridgehead atoms. The maximum absolute atomic E-state index is 11.2. The molecule has 0 aliphatic rings. The van der Waals surface area contributed by atoms with Crippen LogP contribution < -0.4 is 70.7 Å². The molecular formula is C24H29KN2O10.